The second kappa shape index (κ2) is 6.72. The zero-order valence-corrected chi connectivity index (χ0v) is 14.1. The van der Waals surface area contributed by atoms with E-state index in [-0.39, 0.29) is 22.6 Å². The predicted molar refractivity (Wildman–Crippen MR) is 94.8 cm³/mol. The van der Waals surface area contributed by atoms with Gasteiger partial charge >= 0.3 is 6.03 Å². The molecule has 0 atom stereocenters. The summed E-state index contributed by atoms with van der Waals surface area (Å²) in [5, 5.41) is 12.3. The SMILES string of the molecule is COc1cccc(C=C2C(=O)NC(=O)N(c3ccc(C)cc3)C2=O)c1O. The lowest BCUT2D eigenvalue weighted by atomic mass is 10.1. The lowest BCUT2D eigenvalue weighted by Crippen LogP contribution is -2.54. The number of hydrogen-bond donors (Lipinski definition) is 2. The molecule has 0 saturated carbocycles. The van der Waals surface area contributed by atoms with Crippen LogP contribution in [0.1, 0.15) is 11.1 Å². The molecule has 0 aliphatic carbocycles. The van der Waals surface area contributed by atoms with Crippen LogP contribution in [0.5, 0.6) is 11.5 Å². The van der Waals surface area contributed by atoms with Crippen LogP contribution < -0.4 is 15.0 Å². The Morgan fingerprint density at radius 3 is 2.42 bits per heavy atom. The molecule has 1 fully saturated rings. The molecule has 0 bridgehead atoms. The van der Waals surface area contributed by atoms with Crippen LogP contribution in [0.15, 0.2) is 48.0 Å². The highest BCUT2D eigenvalue weighted by molar-refractivity contribution is 6.39. The normalized spacial score (nSPS) is 16.0. The maximum atomic E-state index is 12.8. The number of urea groups is 1. The van der Waals surface area contributed by atoms with Gasteiger partial charge in [-0.05, 0) is 31.2 Å². The number of carbonyl (C=O) groups is 3. The van der Waals surface area contributed by atoms with Crippen LogP contribution in [0.4, 0.5) is 10.5 Å². The van der Waals surface area contributed by atoms with Crippen molar-refractivity contribution in [1.29, 1.82) is 0 Å². The number of para-hydroxylation sites is 1. The molecule has 1 saturated heterocycles. The number of aromatic hydroxyl groups is 1. The van der Waals surface area contributed by atoms with Crippen LogP contribution in [-0.2, 0) is 9.59 Å². The summed E-state index contributed by atoms with van der Waals surface area (Å²) < 4.78 is 5.02. The molecule has 0 spiro atoms. The number of amides is 4. The fourth-order valence-electron chi connectivity index (χ4n) is 2.56. The van der Waals surface area contributed by atoms with Gasteiger partial charge in [0.15, 0.2) is 11.5 Å². The van der Waals surface area contributed by atoms with Crippen LogP contribution in [0.25, 0.3) is 6.08 Å². The molecule has 1 heterocycles. The minimum absolute atomic E-state index is 0.203. The first-order valence-electron chi connectivity index (χ1n) is 7.76. The Morgan fingerprint density at radius 2 is 1.77 bits per heavy atom. The maximum absolute atomic E-state index is 12.8. The van der Waals surface area contributed by atoms with Crippen molar-refractivity contribution in [2.45, 2.75) is 6.92 Å². The Kier molecular flexibility index (Phi) is 4.45. The summed E-state index contributed by atoms with van der Waals surface area (Å²) in [4.78, 5) is 37.9. The largest absolute Gasteiger partial charge is 0.504 e. The zero-order chi connectivity index (χ0) is 18.8. The van der Waals surface area contributed by atoms with Crippen molar-refractivity contribution in [2.24, 2.45) is 0 Å². The van der Waals surface area contributed by atoms with Crippen molar-refractivity contribution in [3.8, 4) is 11.5 Å². The monoisotopic (exact) mass is 352 g/mol. The van der Waals surface area contributed by atoms with Crippen LogP contribution >= 0.6 is 0 Å². The van der Waals surface area contributed by atoms with Gasteiger partial charge in [0.25, 0.3) is 11.8 Å². The highest BCUT2D eigenvalue weighted by Gasteiger charge is 2.36. The Morgan fingerprint density at radius 1 is 1.08 bits per heavy atom. The minimum Gasteiger partial charge on any atom is -0.504 e. The third-order valence-corrected chi connectivity index (χ3v) is 3.94. The highest BCUT2D eigenvalue weighted by Crippen LogP contribution is 2.32. The first-order chi connectivity index (χ1) is 12.4. The quantitative estimate of drug-likeness (QED) is 0.653. The second-order valence-corrected chi connectivity index (χ2v) is 5.69. The van der Waals surface area contributed by atoms with E-state index in [0.29, 0.717) is 5.69 Å². The molecule has 0 aromatic heterocycles. The summed E-state index contributed by atoms with van der Waals surface area (Å²) in [5.74, 6) is -1.60. The number of nitrogens with zero attached hydrogens (tertiary/aromatic N) is 1. The number of carbonyl (C=O) groups excluding carboxylic acids is 3. The molecule has 2 aromatic rings. The lowest BCUT2D eigenvalue weighted by molar-refractivity contribution is -0.122. The molecule has 0 unspecified atom stereocenters. The number of ether oxygens (including phenoxy) is 1. The molecule has 1 aliphatic heterocycles. The molecular weight excluding hydrogens is 336 g/mol. The van der Waals surface area contributed by atoms with Gasteiger partial charge in [-0.2, -0.15) is 0 Å². The van der Waals surface area contributed by atoms with Crippen LogP contribution in [0, 0.1) is 6.92 Å². The molecular formula is C19H16N2O5. The number of phenolic OH excluding ortho intramolecular Hbond substituents is 1. The zero-order valence-electron chi connectivity index (χ0n) is 14.1. The van der Waals surface area contributed by atoms with Crippen molar-refractivity contribution in [2.75, 3.05) is 12.0 Å². The molecule has 2 N–H and O–H groups in total. The third kappa shape index (κ3) is 3.02. The summed E-state index contributed by atoms with van der Waals surface area (Å²) in [6.07, 6.45) is 1.23. The summed E-state index contributed by atoms with van der Waals surface area (Å²) >= 11 is 0. The number of nitrogens with one attached hydrogen (secondary N) is 1. The van der Waals surface area contributed by atoms with Gasteiger partial charge in [-0.3, -0.25) is 14.9 Å². The Hall–Kier alpha value is -3.61. The second-order valence-electron chi connectivity index (χ2n) is 5.69. The van der Waals surface area contributed by atoms with Crippen molar-refractivity contribution in [3.63, 3.8) is 0 Å². The van der Waals surface area contributed by atoms with E-state index in [1.165, 1.54) is 19.3 Å². The van der Waals surface area contributed by atoms with Gasteiger partial charge in [0, 0.05) is 5.56 Å². The van der Waals surface area contributed by atoms with Gasteiger partial charge < -0.3 is 9.84 Å². The van der Waals surface area contributed by atoms with E-state index in [1.807, 2.05) is 6.92 Å². The maximum Gasteiger partial charge on any atom is 0.335 e. The van der Waals surface area contributed by atoms with Crippen molar-refractivity contribution < 1.29 is 24.2 Å². The minimum atomic E-state index is -0.828. The molecule has 132 valence electrons. The van der Waals surface area contributed by atoms with E-state index in [0.717, 1.165) is 10.5 Å². The van der Waals surface area contributed by atoms with Gasteiger partial charge in [-0.1, -0.05) is 29.8 Å². The number of imide groups is 2. The summed E-state index contributed by atoms with van der Waals surface area (Å²) in [7, 11) is 1.39. The van der Waals surface area contributed by atoms with Crippen molar-refractivity contribution >= 4 is 29.6 Å². The van der Waals surface area contributed by atoms with Crippen LogP contribution in [0.2, 0.25) is 0 Å². The third-order valence-electron chi connectivity index (χ3n) is 3.94. The molecule has 26 heavy (non-hydrogen) atoms. The Labute approximate surface area is 149 Å². The molecule has 7 heteroatoms. The van der Waals surface area contributed by atoms with Gasteiger partial charge in [0.2, 0.25) is 0 Å². The fraction of sp³-hybridized carbons (Fsp3) is 0.105. The van der Waals surface area contributed by atoms with E-state index < -0.39 is 17.8 Å². The highest BCUT2D eigenvalue weighted by atomic mass is 16.5. The average molecular weight is 352 g/mol. The van der Waals surface area contributed by atoms with E-state index in [1.54, 1.807) is 36.4 Å². The van der Waals surface area contributed by atoms with Gasteiger partial charge in [0.1, 0.15) is 5.57 Å². The predicted octanol–water partition coefficient (Wildman–Crippen LogP) is 2.38. The van der Waals surface area contributed by atoms with Gasteiger partial charge in [0.05, 0.1) is 12.8 Å². The van der Waals surface area contributed by atoms with E-state index in [4.69, 9.17) is 4.74 Å². The number of benzene rings is 2. The Balaban J connectivity index is 2.04. The summed E-state index contributed by atoms with van der Waals surface area (Å²) in [6, 6.07) is 10.6. The molecule has 4 amide bonds. The number of hydrogen-bond acceptors (Lipinski definition) is 5. The molecule has 2 aromatic carbocycles. The summed E-state index contributed by atoms with van der Waals surface area (Å²) in [5.41, 5.74) is 1.26. The van der Waals surface area contributed by atoms with Crippen molar-refractivity contribution in [3.05, 3.63) is 59.2 Å². The number of barbiturate groups is 1. The lowest BCUT2D eigenvalue weighted by Gasteiger charge is -2.26. The number of aryl methyl sites for hydroxylation is 1. The first-order valence-corrected chi connectivity index (χ1v) is 7.76. The smallest absolute Gasteiger partial charge is 0.335 e. The molecule has 7 nitrogen and oxygen atoms in total. The number of phenols is 1. The first kappa shape index (κ1) is 17.2. The van der Waals surface area contributed by atoms with Crippen LogP contribution in [0.3, 0.4) is 0 Å². The summed E-state index contributed by atoms with van der Waals surface area (Å²) in [6.45, 7) is 1.88. The van der Waals surface area contributed by atoms with Crippen LogP contribution in [-0.4, -0.2) is 30.1 Å². The van der Waals surface area contributed by atoms with E-state index >= 15 is 0 Å². The number of anilines is 1. The molecule has 0 radical (unpaired) electrons. The average Bonchev–Trinajstić information content (AvgIpc) is 2.61. The van der Waals surface area contributed by atoms with Gasteiger partial charge in [-0.15, -0.1) is 0 Å². The van der Waals surface area contributed by atoms with Crippen molar-refractivity contribution in [1.82, 2.24) is 5.32 Å². The van der Waals surface area contributed by atoms with E-state index in [2.05, 4.69) is 5.32 Å². The van der Waals surface area contributed by atoms with E-state index in [9.17, 15) is 19.5 Å². The topological polar surface area (TPSA) is 95.9 Å². The number of rotatable bonds is 3. The van der Waals surface area contributed by atoms with Gasteiger partial charge in [-0.25, -0.2) is 9.69 Å². The molecule has 1 aliphatic rings. The number of methoxy groups -OCH3 is 1. The fourth-order valence-corrected chi connectivity index (χ4v) is 2.56. The standard InChI is InChI=1S/C19H16N2O5/c1-11-6-8-13(9-7-11)21-18(24)14(17(23)20-19(21)25)10-12-4-3-5-15(26-2)16(12)22/h3-10,22H,1-2H3,(H,20,23,25). The molecule has 3 rings (SSSR count). The Bertz CT molecular complexity index is 931.